The largest absolute Gasteiger partial charge is 0.465 e. The Morgan fingerprint density at radius 2 is 1.39 bits per heavy atom. The van der Waals surface area contributed by atoms with E-state index in [-0.39, 0.29) is 23.8 Å². The van der Waals surface area contributed by atoms with Crippen LogP contribution in [0.4, 0.5) is 0 Å². The molecule has 0 aromatic heterocycles. The van der Waals surface area contributed by atoms with Crippen LogP contribution in [0, 0.1) is 23.7 Å². The number of hydrogen-bond donors (Lipinski definition) is 0. The lowest BCUT2D eigenvalue weighted by atomic mass is 9.82. The van der Waals surface area contributed by atoms with E-state index in [9.17, 15) is 9.59 Å². The van der Waals surface area contributed by atoms with Crippen LogP contribution in [0.3, 0.4) is 0 Å². The van der Waals surface area contributed by atoms with Gasteiger partial charge in [0.1, 0.15) is 0 Å². The minimum absolute atomic E-state index is 0.0371. The van der Waals surface area contributed by atoms with Crippen LogP contribution in [0.1, 0.15) is 105 Å². The van der Waals surface area contributed by atoms with E-state index in [1.165, 1.54) is 19.3 Å². The molecule has 0 saturated heterocycles. The van der Waals surface area contributed by atoms with Gasteiger partial charge in [0.2, 0.25) is 0 Å². The normalized spacial score (nSPS) is 20.8. The molecular formula is C24H44O4. The fourth-order valence-electron chi connectivity index (χ4n) is 4.07. The van der Waals surface area contributed by atoms with E-state index in [2.05, 4.69) is 27.7 Å². The van der Waals surface area contributed by atoms with Gasteiger partial charge in [-0.15, -0.1) is 0 Å². The lowest BCUT2D eigenvalue weighted by molar-refractivity contribution is -0.156. The monoisotopic (exact) mass is 396 g/mol. The van der Waals surface area contributed by atoms with Crippen LogP contribution in [0.25, 0.3) is 0 Å². The second-order valence-electron chi connectivity index (χ2n) is 9.03. The maximum Gasteiger partial charge on any atom is 0.308 e. The van der Waals surface area contributed by atoms with E-state index in [4.69, 9.17) is 9.47 Å². The molecule has 1 aliphatic rings. The molecule has 1 saturated carbocycles. The Bertz CT molecular complexity index is 424. The van der Waals surface area contributed by atoms with Gasteiger partial charge in [-0.25, -0.2) is 0 Å². The molecule has 1 aliphatic carbocycles. The third kappa shape index (κ3) is 10.5. The zero-order chi connectivity index (χ0) is 20.8. The fourth-order valence-corrected chi connectivity index (χ4v) is 4.07. The van der Waals surface area contributed by atoms with Gasteiger partial charge >= 0.3 is 11.9 Å². The lowest BCUT2D eigenvalue weighted by Gasteiger charge is -2.26. The Kier molecular flexibility index (Phi) is 13.3. The number of esters is 2. The van der Waals surface area contributed by atoms with Crippen LogP contribution in [0.15, 0.2) is 0 Å². The van der Waals surface area contributed by atoms with Crippen LogP contribution in [-0.4, -0.2) is 25.2 Å². The van der Waals surface area contributed by atoms with Crippen molar-refractivity contribution >= 4 is 11.9 Å². The Morgan fingerprint density at radius 3 is 1.93 bits per heavy atom. The van der Waals surface area contributed by atoms with Crippen molar-refractivity contribution in [3.05, 3.63) is 0 Å². The standard InChI is InChI=1S/C24H44O4/c1-5-7-8-12-20(10-6-2)18-28-24(26)22-15-13-21(14-16-22)23(25)27-17-9-11-19(3)4/h19-22H,5-18H2,1-4H3. The summed E-state index contributed by atoms with van der Waals surface area (Å²) in [5.74, 6) is 0.934. The van der Waals surface area contributed by atoms with E-state index in [0.29, 0.717) is 25.0 Å². The predicted octanol–water partition coefficient (Wildman–Crippen LogP) is 6.31. The van der Waals surface area contributed by atoms with Gasteiger partial charge in [0.05, 0.1) is 25.0 Å². The molecule has 1 rings (SSSR count). The molecule has 4 nitrogen and oxygen atoms in total. The van der Waals surface area contributed by atoms with Crippen LogP contribution >= 0.6 is 0 Å². The van der Waals surface area contributed by atoms with E-state index in [1.54, 1.807) is 0 Å². The van der Waals surface area contributed by atoms with Crippen molar-refractivity contribution in [2.45, 2.75) is 105 Å². The van der Waals surface area contributed by atoms with Gasteiger partial charge in [-0.1, -0.05) is 53.4 Å². The summed E-state index contributed by atoms with van der Waals surface area (Å²) in [5.41, 5.74) is 0. The molecule has 0 radical (unpaired) electrons. The molecule has 0 amide bonds. The summed E-state index contributed by atoms with van der Waals surface area (Å²) < 4.78 is 11.1. The first-order chi connectivity index (χ1) is 13.5. The van der Waals surface area contributed by atoms with Crippen molar-refractivity contribution in [1.29, 1.82) is 0 Å². The Hall–Kier alpha value is -1.06. The van der Waals surface area contributed by atoms with Gasteiger partial charge < -0.3 is 9.47 Å². The highest BCUT2D eigenvalue weighted by atomic mass is 16.5. The molecule has 0 bridgehead atoms. The smallest absolute Gasteiger partial charge is 0.308 e. The predicted molar refractivity (Wildman–Crippen MR) is 114 cm³/mol. The van der Waals surface area contributed by atoms with Crippen molar-refractivity contribution < 1.29 is 19.1 Å². The number of ether oxygens (including phenoxy) is 2. The highest BCUT2D eigenvalue weighted by Gasteiger charge is 2.31. The van der Waals surface area contributed by atoms with Gasteiger partial charge in [-0.05, 0) is 63.2 Å². The van der Waals surface area contributed by atoms with E-state index in [0.717, 1.165) is 57.8 Å². The number of unbranched alkanes of at least 4 members (excludes halogenated alkanes) is 2. The number of rotatable bonds is 14. The van der Waals surface area contributed by atoms with Crippen LogP contribution < -0.4 is 0 Å². The summed E-state index contributed by atoms with van der Waals surface area (Å²) in [6, 6.07) is 0. The first-order valence-corrected chi connectivity index (χ1v) is 11.8. The summed E-state index contributed by atoms with van der Waals surface area (Å²) in [4.78, 5) is 24.6. The van der Waals surface area contributed by atoms with Gasteiger partial charge in [0.25, 0.3) is 0 Å². The third-order valence-corrected chi connectivity index (χ3v) is 5.94. The average Bonchev–Trinajstić information content (AvgIpc) is 2.69. The summed E-state index contributed by atoms with van der Waals surface area (Å²) in [5, 5.41) is 0. The molecule has 1 fully saturated rings. The van der Waals surface area contributed by atoms with E-state index >= 15 is 0 Å². The molecule has 0 N–H and O–H groups in total. The minimum atomic E-state index is -0.0745. The number of carbonyl (C=O) groups excluding carboxylic acids is 2. The molecule has 0 spiro atoms. The van der Waals surface area contributed by atoms with E-state index in [1.807, 2.05) is 0 Å². The van der Waals surface area contributed by atoms with Crippen molar-refractivity contribution in [3.63, 3.8) is 0 Å². The zero-order valence-corrected chi connectivity index (χ0v) is 18.8. The molecule has 0 aliphatic heterocycles. The molecule has 4 heteroatoms. The summed E-state index contributed by atoms with van der Waals surface area (Å²) in [6.45, 7) is 9.85. The van der Waals surface area contributed by atoms with E-state index < -0.39 is 0 Å². The van der Waals surface area contributed by atoms with Crippen LogP contribution in [-0.2, 0) is 19.1 Å². The molecular weight excluding hydrogens is 352 g/mol. The molecule has 1 atom stereocenters. The zero-order valence-electron chi connectivity index (χ0n) is 18.8. The molecule has 0 aromatic carbocycles. The Morgan fingerprint density at radius 1 is 0.786 bits per heavy atom. The van der Waals surface area contributed by atoms with Crippen molar-refractivity contribution in [2.75, 3.05) is 13.2 Å². The van der Waals surface area contributed by atoms with Gasteiger partial charge in [-0.3, -0.25) is 9.59 Å². The summed E-state index contributed by atoms with van der Waals surface area (Å²) in [6.07, 6.45) is 12.1. The van der Waals surface area contributed by atoms with Crippen molar-refractivity contribution in [3.8, 4) is 0 Å². The number of carbonyl (C=O) groups is 2. The van der Waals surface area contributed by atoms with Gasteiger partial charge in [-0.2, -0.15) is 0 Å². The maximum atomic E-state index is 12.4. The fraction of sp³-hybridized carbons (Fsp3) is 0.917. The first-order valence-electron chi connectivity index (χ1n) is 11.8. The number of hydrogen-bond acceptors (Lipinski definition) is 4. The quantitative estimate of drug-likeness (QED) is 0.255. The maximum absolute atomic E-state index is 12.4. The van der Waals surface area contributed by atoms with Crippen molar-refractivity contribution in [1.82, 2.24) is 0 Å². The highest BCUT2D eigenvalue weighted by molar-refractivity contribution is 5.75. The van der Waals surface area contributed by atoms with Gasteiger partial charge in [0.15, 0.2) is 0 Å². The molecule has 164 valence electrons. The molecule has 0 aromatic rings. The van der Waals surface area contributed by atoms with Gasteiger partial charge in [0, 0.05) is 0 Å². The van der Waals surface area contributed by atoms with Crippen molar-refractivity contribution in [2.24, 2.45) is 23.7 Å². The third-order valence-electron chi connectivity index (χ3n) is 5.94. The molecule has 28 heavy (non-hydrogen) atoms. The topological polar surface area (TPSA) is 52.6 Å². The Labute approximate surface area is 173 Å². The lowest BCUT2D eigenvalue weighted by Crippen LogP contribution is -2.29. The SMILES string of the molecule is CCCCCC(CCC)COC(=O)C1CCC(C(=O)OCCCC(C)C)CC1. The second-order valence-corrected chi connectivity index (χ2v) is 9.03. The van der Waals surface area contributed by atoms with Crippen LogP contribution in [0.5, 0.6) is 0 Å². The summed E-state index contributed by atoms with van der Waals surface area (Å²) in [7, 11) is 0. The minimum Gasteiger partial charge on any atom is -0.465 e. The average molecular weight is 397 g/mol. The molecule has 0 heterocycles. The summed E-state index contributed by atoms with van der Waals surface area (Å²) >= 11 is 0. The second kappa shape index (κ2) is 14.9. The first kappa shape index (κ1) is 25.0. The highest BCUT2D eigenvalue weighted by Crippen LogP contribution is 2.31. The Balaban J connectivity index is 2.26. The molecule has 1 unspecified atom stereocenters. The van der Waals surface area contributed by atoms with Crippen LogP contribution in [0.2, 0.25) is 0 Å².